The number of nitrogens with one attached hydrogen (secondary N) is 1. The second-order valence-electron chi connectivity index (χ2n) is 7.24. The lowest BCUT2D eigenvalue weighted by Crippen LogP contribution is -2.10. The zero-order valence-electron chi connectivity index (χ0n) is 16.2. The quantitative estimate of drug-likeness (QED) is 0.412. The van der Waals surface area contributed by atoms with Gasteiger partial charge in [-0.2, -0.15) is 13.2 Å². The molecule has 0 unspecified atom stereocenters. The molecule has 0 saturated carbocycles. The third kappa shape index (κ3) is 3.29. The van der Waals surface area contributed by atoms with Gasteiger partial charge in [-0.05, 0) is 30.5 Å². The number of amides is 1. The number of hydrogen-bond acceptors (Lipinski definition) is 5. The van der Waals surface area contributed by atoms with Crippen LogP contribution in [0.2, 0.25) is 0 Å². The van der Waals surface area contributed by atoms with Crippen molar-refractivity contribution in [2.24, 2.45) is 0 Å². The molecule has 1 aliphatic carbocycles. The first-order chi connectivity index (χ1) is 15.3. The van der Waals surface area contributed by atoms with Gasteiger partial charge in [-0.15, -0.1) is 0 Å². The highest BCUT2D eigenvalue weighted by Gasteiger charge is 2.43. The first-order valence-electron chi connectivity index (χ1n) is 9.57. The highest BCUT2D eigenvalue weighted by molar-refractivity contribution is 5.85. The summed E-state index contributed by atoms with van der Waals surface area (Å²) in [6, 6.07) is 12.8. The van der Waals surface area contributed by atoms with Gasteiger partial charge < -0.3 is 14.2 Å². The number of nitrogens with zero attached hydrogens (tertiary/aromatic N) is 2. The number of anilines is 1. The average molecular weight is 441 g/mol. The van der Waals surface area contributed by atoms with E-state index >= 15 is 0 Å². The second kappa shape index (κ2) is 7.26. The molecule has 2 aromatic heterocycles. The zero-order chi connectivity index (χ0) is 22.5. The molecule has 0 fully saturated rings. The van der Waals surface area contributed by atoms with Crippen LogP contribution in [0.1, 0.15) is 16.7 Å². The number of alkyl halides is 3. The summed E-state index contributed by atoms with van der Waals surface area (Å²) in [4.78, 5) is 10.9. The Labute approximate surface area is 178 Å². The standard InChI is InChI=1S/C22H14F3N3O4/c23-22(24,25)16-18(28-31-19(16)11-4-2-1-3-5-11)20-15-8-6-12-10-13(26-21(29)30)7-9-14(12)17(15)27-32-20/h1-5,7,9-10,26H,6,8H2,(H,29,30). The lowest BCUT2D eigenvalue weighted by molar-refractivity contribution is -0.136. The number of fused-ring (bicyclic) bond motifs is 3. The van der Waals surface area contributed by atoms with Crippen LogP contribution >= 0.6 is 0 Å². The summed E-state index contributed by atoms with van der Waals surface area (Å²) in [7, 11) is 0. The molecule has 0 aliphatic heterocycles. The van der Waals surface area contributed by atoms with Crippen LogP contribution in [-0.4, -0.2) is 21.5 Å². The maximum absolute atomic E-state index is 14.0. The summed E-state index contributed by atoms with van der Waals surface area (Å²) < 4.78 is 52.5. The van der Waals surface area contributed by atoms with Crippen molar-refractivity contribution in [3.8, 4) is 34.0 Å². The minimum atomic E-state index is -4.73. The van der Waals surface area contributed by atoms with Gasteiger partial charge in [0.15, 0.2) is 17.2 Å². The molecule has 32 heavy (non-hydrogen) atoms. The lowest BCUT2D eigenvalue weighted by atomic mass is 9.88. The normalized spacial score (nSPS) is 12.8. The summed E-state index contributed by atoms with van der Waals surface area (Å²) in [5.41, 5.74) is 1.55. The third-order valence-corrected chi connectivity index (χ3v) is 5.27. The van der Waals surface area contributed by atoms with E-state index < -0.39 is 23.5 Å². The van der Waals surface area contributed by atoms with E-state index in [4.69, 9.17) is 14.2 Å². The van der Waals surface area contributed by atoms with Crippen molar-refractivity contribution in [3.05, 3.63) is 65.2 Å². The van der Waals surface area contributed by atoms with Crippen molar-refractivity contribution < 1.29 is 32.1 Å². The Balaban J connectivity index is 1.62. The van der Waals surface area contributed by atoms with Crippen molar-refractivity contribution in [2.45, 2.75) is 19.0 Å². The van der Waals surface area contributed by atoms with Gasteiger partial charge in [0.05, 0.1) is 0 Å². The number of benzene rings is 2. The Morgan fingerprint density at radius 3 is 2.41 bits per heavy atom. The van der Waals surface area contributed by atoms with Gasteiger partial charge >= 0.3 is 12.3 Å². The molecule has 1 amide bonds. The van der Waals surface area contributed by atoms with Crippen LogP contribution in [0.3, 0.4) is 0 Å². The van der Waals surface area contributed by atoms with Crippen LogP contribution in [0.4, 0.5) is 23.7 Å². The summed E-state index contributed by atoms with van der Waals surface area (Å²) in [6.45, 7) is 0. The van der Waals surface area contributed by atoms with Crippen LogP contribution in [-0.2, 0) is 19.0 Å². The van der Waals surface area contributed by atoms with E-state index in [9.17, 15) is 18.0 Å². The highest BCUT2D eigenvalue weighted by Crippen LogP contribution is 2.46. The average Bonchev–Trinajstić information content (AvgIpc) is 3.38. The lowest BCUT2D eigenvalue weighted by Gasteiger charge is -2.16. The van der Waals surface area contributed by atoms with Crippen molar-refractivity contribution in [2.75, 3.05) is 5.32 Å². The van der Waals surface area contributed by atoms with Gasteiger partial charge in [0.25, 0.3) is 0 Å². The maximum Gasteiger partial charge on any atom is 0.422 e. The van der Waals surface area contributed by atoms with E-state index in [2.05, 4.69) is 15.6 Å². The fourth-order valence-electron chi connectivity index (χ4n) is 3.93. The van der Waals surface area contributed by atoms with E-state index in [1.54, 1.807) is 36.4 Å². The predicted molar refractivity (Wildman–Crippen MR) is 107 cm³/mol. The Morgan fingerprint density at radius 1 is 0.969 bits per heavy atom. The molecule has 2 N–H and O–H groups in total. The number of aromatic nitrogens is 2. The smallest absolute Gasteiger partial charge is 0.422 e. The maximum atomic E-state index is 14.0. The van der Waals surface area contributed by atoms with Gasteiger partial charge in [-0.3, -0.25) is 5.32 Å². The number of halogens is 3. The predicted octanol–water partition coefficient (Wildman–Crippen LogP) is 5.87. The van der Waals surface area contributed by atoms with E-state index in [1.165, 1.54) is 12.1 Å². The molecule has 4 aromatic rings. The van der Waals surface area contributed by atoms with Crippen molar-refractivity contribution in [1.82, 2.24) is 10.3 Å². The molecular formula is C22H14F3N3O4. The van der Waals surface area contributed by atoms with E-state index in [-0.39, 0.29) is 17.1 Å². The first-order valence-corrected chi connectivity index (χ1v) is 9.57. The largest absolute Gasteiger partial charge is 0.465 e. The van der Waals surface area contributed by atoms with Gasteiger partial charge in [0, 0.05) is 22.4 Å². The molecule has 10 heteroatoms. The molecule has 5 rings (SSSR count). The molecule has 0 bridgehead atoms. The minimum absolute atomic E-state index is 0.0864. The summed E-state index contributed by atoms with van der Waals surface area (Å²) in [6.07, 6.45) is -5.10. The summed E-state index contributed by atoms with van der Waals surface area (Å²) in [5.74, 6) is -0.476. The monoisotopic (exact) mass is 441 g/mol. The molecule has 162 valence electrons. The van der Waals surface area contributed by atoms with Crippen LogP contribution in [0.15, 0.2) is 57.6 Å². The van der Waals surface area contributed by atoms with Gasteiger partial charge in [-0.1, -0.05) is 46.7 Å². The first kappa shape index (κ1) is 19.9. The summed E-state index contributed by atoms with van der Waals surface area (Å²) >= 11 is 0. The van der Waals surface area contributed by atoms with E-state index in [1.807, 2.05) is 0 Å². The van der Waals surface area contributed by atoms with E-state index in [0.29, 0.717) is 35.3 Å². The number of carbonyl (C=O) groups is 1. The second-order valence-corrected chi connectivity index (χ2v) is 7.24. The number of carboxylic acid groups (broad SMARTS) is 1. The Hall–Kier alpha value is -4.08. The number of rotatable bonds is 3. The third-order valence-electron chi connectivity index (χ3n) is 5.27. The molecule has 2 aromatic carbocycles. The van der Waals surface area contributed by atoms with E-state index in [0.717, 1.165) is 5.56 Å². The SMILES string of the molecule is O=C(O)Nc1ccc2c(c1)CCc1c-2noc1-c1noc(-c2ccccc2)c1C(F)(F)F. The highest BCUT2D eigenvalue weighted by atomic mass is 19.4. The molecule has 2 heterocycles. The fourth-order valence-corrected chi connectivity index (χ4v) is 3.93. The fraction of sp³-hybridized carbons (Fsp3) is 0.136. The van der Waals surface area contributed by atoms with Crippen LogP contribution in [0.25, 0.3) is 34.0 Å². The van der Waals surface area contributed by atoms with Crippen LogP contribution < -0.4 is 5.32 Å². The van der Waals surface area contributed by atoms with Crippen molar-refractivity contribution in [3.63, 3.8) is 0 Å². The van der Waals surface area contributed by atoms with Gasteiger partial charge in [0.2, 0.25) is 0 Å². The Bertz CT molecular complexity index is 1330. The molecule has 0 saturated heterocycles. The van der Waals surface area contributed by atoms with Crippen LogP contribution in [0, 0.1) is 0 Å². The summed E-state index contributed by atoms with van der Waals surface area (Å²) in [5, 5.41) is 18.9. The van der Waals surface area contributed by atoms with Crippen molar-refractivity contribution in [1.29, 1.82) is 0 Å². The molecule has 0 spiro atoms. The topological polar surface area (TPSA) is 101 Å². The molecule has 0 radical (unpaired) electrons. The molecular weight excluding hydrogens is 427 g/mol. The molecule has 1 aliphatic rings. The zero-order valence-corrected chi connectivity index (χ0v) is 16.2. The minimum Gasteiger partial charge on any atom is -0.465 e. The molecule has 7 nitrogen and oxygen atoms in total. The number of aryl methyl sites for hydroxylation is 1. The van der Waals surface area contributed by atoms with Crippen LogP contribution in [0.5, 0.6) is 0 Å². The van der Waals surface area contributed by atoms with Crippen molar-refractivity contribution >= 4 is 11.8 Å². The molecule has 0 atom stereocenters. The van der Waals surface area contributed by atoms with Gasteiger partial charge in [0.1, 0.15) is 11.3 Å². The number of hydrogen-bond donors (Lipinski definition) is 2. The van der Waals surface area contributed by atoms with Gasteiger partial charge in [-0.25, -0.2) is 4.79 Å². The Kier molecular flexibility index (Phi) is 4.50. The Morgan fingerprint density at radius 2 is 1.69 bits per heavy atom.